The Kier molecular flexibility index (Phi) is 4.82. The first-order valence-corrected chi connectivity index (χ1v) is 7.73. The van der Waals surface area contributed by atoms with Crippen LogP contribution in [0.25, 0.3) is 0 Å². The third-order valence-electron chi connectivity index (χ3n) is 3.63. The lowest BCUT2D eigenvalue weighted by Crippen LogP contribution is -2.21. The lowest BCUT2D eigenvalue weighted by atomic mass is 9.77. The molecule has 1 rings (SSSR count). The number of aromatic hydroxyl groups is 1. The molecule has 0 atom stereocenters. The van der Waals surface area contributed by atoms with Crippen LogP contribution in [-0.4, -0.2) is 16.6 Å². The van der Waals surface area contributed by atoms with Crippen molar-refractivity contribution in [3.63, 3.8) is 0 Å². The monoisotopic (exact) mass is 308 g/mol. The van der Waals surface area contributed by atoms with Gasteiger partial charge in [0, 0.05) is 23.1 Å². The van der Waals surface area contributed by atoms with E-state index >= 15 is 0 Å². The number of phenols is 1. The molecular formula is C19H29FO2. The Morgan fingerprint density at radius 3 is 1.59 bits per heavy atom. The van der Waals surface area contributed by atoms with Crippen molar-refractivity contribution in [1.29, 1.82) is 0 Å². The van der Waals surface area contributed by atoms with Crippen LogP contribution in [0.3, 0.4) is 0 Å². The van der Waals surface area contributed by atoms with E-state index in [2.05, 4.69) is 0 Å². The van der Waals surface area contributed by atoms with Gasteiger partial charge in [0.2, 0.25) is 0 Å². The summed E-state index contributed by atoms with van der Waals surface area (Å²) in [6.07, 6.45) is -0.162. The summed E-state index contributed by atoms with van der Waals surface area (Å²) in [5.41, 5.74) is -0.228. The number of benzene rings is 1. The Labute approximate surface area is 133 Å². The van der Waals surface area contributed by atoms with Gasteiger partial charge in [-0.05, 0) is 36.8 Å². The smallest absolute Gasteiger partial charge is 0.166 e. The van der Waals surface area contributed by atoms with Gasteiger partial charge in [-0.3, -0.25) is 4.79 Å². The van der Waals surface area contributed by atoms with E-state index in [9.17, 15) is 14.3 Å². The van der Waals surface area contributed by atoms with Crippen LogP contribution >= 0.6 is 0 Å². The fraction of sp³-hybridized carbons (Fsp3) is 0.632. The topological polar surface area (TPSA) is 37.3 Å². The summed E-state index contributed by atoms with van der Waals surface area (Å²) in [4.78, 5) is 12.4. The third-order valence-corrected chi connectivity index (χ3v) is 3.63. The van der Waals surface area contributed by atoms with Crippen molar-refractivity contribution in [2.75, 3.05) is 0 Å². The predicted molar refractivity (Wildman–Crippen MR) is 89.6 cm³/mol. The second-order valence-corrected chi connectivity index (χ2v) is 8.74. The van der Waals surface area contributed by atoms with Crippen molar-refractivity contribution in [1.82, 2.24) is 0 Å². The van der Waals surface area contributed by atoms with Gasteiger partial charge in [0.05, 0.1) is 0 Å². The van der Waals surface area contributed by atoms with Crippen LogP contribution in [0, 0.1) is 0 Å². The standard InChI is InChI=1S/C19H29FO2/c1-17(2,3)13-9-12(15(21)11-19(7,8)20)10-14(16(13)22)18(4,5)6/h9-10,22H,11H2,1-8H3. The molecule has 0 saturated heterocycles. The molecule has 0 saturated carbocycles. The van der Waals surface area contributed by atoms with Crippen LogP contribution < -0.4 is 0 Å². The Morgan fingerprint density at radius 2 is 1.32 bits per heavy atom. The molecule has 0 amide bonds. The number of carbonyl (C=O) groups is 1. The van der Waals surface area contributed by atoms with Gasteiger partial charge in [-0.15, -0.1) is 0 Å². The maximum Gasteiger partial charge on any atom is 0.166 e. The van der Waals surface area contributed by atoms with Gasteiger partial charge in [-0.1, -0.05) is 41.5 Å². The van der Waals surface area contributed by atoms with Crippen molar-refractivity contribution in [3.05, 3.63) is 28.8 Å². The van der Waals surface area contributed by atoms with Crippen LogP contribution in [0.4, 0.5) is 4.39 Å². The van der Waals surface area contributed by atoms with E-state index in [1.807, 2.05) is 41.5 Å². The molecule has 1 aromatic carbocycles. The first kappa shape index (κ1) is 18.7. The van der Waals surface area contributed by atoms with Crippen LogP contribution in [0.15, 0.2) is 12.1 Å². The Morgan fingerprint density at radius 1 is 0.955 bits per heavy atom. The van der Waals surface area contributed by atoms with Gasteiger partial charge in [0.15, 0.2) is 5.78 Å². The molecular weight excluding hydrogens is 279 g/mol. The van der Waals surface area contributed by atoms with Crippen LogP contribution in [0.2, 0.25) is 0 Å². The number of ketones is 1. The summed E-state index contributed by atoms with van der Waals surface area (Å²) in [6, 6.07) is 3.41. The second kappa shape index (κ2) is 5.68. The summed E-state index contributed by atoms with van der Waals surface area (Å²) in [5.74, 6) is -0.000409. The highest BCUT2D eigenvalue weighted by molar-refractivity contribution is 5.97. The molecule has 0 aromatic heterocycles. The predicted octanol–water partition coefficient (Wildman–Crippen LogP) is 5.31. The lowest BCUT2D eigenvalue weighted by molar-refractivity contribution is 0.0892. The molecule has 1 aromatic rings. The van der Waals surface area contributed by atoms with E-state index in [0.29, 0.717) is 5.56 Å². The highest BCUT2D eigenvalue weighted by Crippen LogP contribution is 2.40. The molecule has 22 heavy (non-hydrogen) atoms. The molecule has 0 aliphatic rings. The molecule has 124 valence electrons. The first-order chi connectivity index (χ1) is 9.63. The van der Waals surface area contributed by atoms with E-state index in [-0.39, 0.29) is 28.8 Å². The van der Waals surface area contributed by atoms with E-state index in [0.717, 1.165) is 11.1 Å². The summed E-state index contributed by atoms with van der Waals surface area (Å²) >= 11 is 0. The van der Waals surface area contributed by atoms with Crippen molar-refractivity contribution < 1.29 is 14.3 Å². The molecule has 0 spiro atoms. The maximum absolute atomic E-state index is 13.8. The van der Waals surface area contributed by atoms with Crippen molar-refractivity contribution in [3.8, 4) is 5.75 Å². The average molecular weight is 308 g/mol. The minimum Gasteiger partial charge on any atom is -0.507 e. The zero-order valence-corrected chi connectivity index (χ0v) is 15.1. The van der Waals surface area contributed by atoms with Crippen LogP contribution in [-0.2, 0) is 10.8 Å². The molecule has 0 heterocycles. The molecule has 2 nitrogen and oxygen atoms in total. The lowest BCUT2D eigenvalue weighted by Gasteiger charge is -2.28. The summed E-state index contributed by atoms with van der Waals surface area (Å²) < 4.78 is 13.8. The zero-order valence-electron chi connectivity index (χ0n) is 15.1. The molecule has 3 heteroatoms. The Balaban J connectivity index is 3.52. The molecule has 0 aliphatic carbocycles. The van der Waals surface area contributed by atoms with Gasteiger partial charge < -0.3 is 5.11 Å². The summed E-state index contributed by atoms with van der Waals surface area (Å²) in [6.45, 7) is 14.7. The third kappa shape index (κ3) is 4.56. The summed E-state index contributed by atoms with van der Waals surface area (Å²) in [5, 5.41) is 10.6. The second-order valence-electron chi connectivity index (χ2n) is 8.74. The van der Waals surface area contributed by atoms with Crippen LogP contribution in [0.5, 0.6) is 5.75 Å². The molecule has 0 bridgehead atoms. The fourth-order valence-corrected chi connectivity index (χ4v) is 2.42. The van der Waals surface area contributed by atoms with E-state index in [1.165, 1.54) is 13.8 Å². The van der Waals surface area contributed by atoms with Crippen LogP contribution in [0.1, 0.15) is 83.3 Å². The van der Waals surface area contributed by atoms with Gasteiger partial charge in [-0.25, -0.2) is 4.39 Å². The molecule has 1 N–H and O–H groups in total. The van der Waals surface area contributed by atoms with Gasteiger partial charge in [-0.2, -0.15) is 0 Å². The highest BCUT2D eigenvalue weighted by Gasteiger charge is 2.29. The number of halogens is 1. The van der Waals surface area contributed by atoms with E-state index in [4.69, 9.17) is 0 Å². The molecule has 0 radical (unpaired) electrons. The number of rotatable bonds is 3. The average Bonchev–Trinajstić information content (AvgIpc) is 2.23. The van der Waals surface area contributed by atoms with Gasteiger partial charge in [0.25, 0.3) is 0 Å². The zero-order chi connectivity index (χ0) is 17.5. The molecule has 0 fully saturated rings. The largest absolute Gasteiger partial charge is 0.507 e. The van der Waals surface area contributed by atoms with E-state index < -0.39 is 5.67 Å². The minimum absolute atomic E-state index is 0.162. The van der Waals surface area contributed by atoms with E-state index in [1.54, 1.807) is 12.1 Å². The Hall–Kier alpha value is -1.38. The van der Waals surface area contributed by atoms with Gasteiger partial charge >= 0.3 is 0 Å². The van der Waals surface area contributed by atoms with Crippen molar-refractivity contribution in [2.24, 2.45) is 0 Å². The quantitative estimate of drug-likeness (QED) is 0.768. The van der Waals surface area contributed by atoms with Gasteiger partial charge in [0.1, 0.15) is 11.4 Å². The highest BCUT2D eigenvalue weighted by atomic mass is 19.1. The summed E-state index contributed by atoms with van der Waals surface area (Å²) in [7, 11) is 0. The SMILES string of the molecule is CC(C)(F)CC(=O)c1cc(C(C)(C)C)c(O)c(C(C)(C)C)c1. The maximum atomic E-state index is 13.8. The normalized spacial score (nSPS) is 13.3. The molecule has 0 unspecified atom stereocenters. The van der Waals surface area contributed by atoms with Crippen molar-refractivity contribution in [2.45, 2.75) is 78.3 Å². The fourth-order valence-electron chi connectivity index (χ4n) is 2.42. The first-order valence-electron chi connectivity index (χ1n) is 7.73. The number of phenolic OH excluding ortho intramolecular Hbond substituents is 1. The number of Topliss-reactive ketones (excluding diaryl/α,β-unsaturated/α-hetero) is 1. The number of alkyl halides is 1. The number of hydrogen-bond donors (Lipinski definition) is 1. The molecule has 0 aliphatic heterocycles. The Bertz CT molecular complexity index is 532. The number of carbonyl (C=O) groups excluding carboxylic acids is 1. The number of hydrogen-bond acceptors (Lipinski definition) is 2. The van der Waals surface area contributed by atoms with Crippen molar-refractivity contribution >= 4 is 5.78 Å². The minimum atomic E-state index is -1.54.